The number of hydrogen-bond acceptors (Lipinski definition) is 1. The molecule has 0 saturated carbocycles. The van der Waals surface area contributed by atoms with Crippen molar-refractivity contribution < 1.29 is 0 Å². The van der Waals surface area contributed by atoms with Gasteiger partial charge in [0.15, 0.2) is 0 Å². The van der Waals surface area contributed by atoms with Crippen molar-refractivity contribution in [2.24, 2.45) is 0 Å². The molecule has 0 spiro atoms. The van der Waals surface area contributed by atoms with E-state index in [9.17, 15) is 0 Å². The summed E-state index contributed by atoms with van der Waals surface area (Å²) in [7, 11) is 0.945. The number of hydrogen-bond donors (Lipinski definition) is 0. The maximum Gasteiger partial charge on any atom is 0.0281 e. The molecule has 1 heterocycles. The number of rotatable bonds is 1. The van der Waals surface area contributed by atoms with Gasteiger partial charge >= 0.3 is 0 Å². The van der Waals surface area contributed by atoms with E-state index in [1.54, 1.807) is 4.62 Å². The quantitative estimate of drug-likeness (QED) is 0.591. The molecule has 11 heavy (non-hydrogen) atoms. The lowest BCUT2D eigenvalue weighted by molar-refractivity contribution is 0.596. The lowest BCUT2D eigenvalue weighted by atomic mass is 9.89. The van der Waals surface area contributed by atoms with Crippen LogP contribution in [-0.2, 0) is 5.41 Å². The van der Waals surface area contributed by atoms with Gasteiger partial charge in [0.05, 0.1) is 0 Å². The highest BCUT2D eigenvalue weighted by atomic mass is 32.1. The van der Waals surface area contributed by atoms with Crippen molar-refractivity contribution in [3.8, 4) is 0 Å². The minimum Gasteiger partial charge on any atom is -0.144 e. The molecule has 0 N–H and O–H groups in total. The second-order valence-corrected chi connectivity index (χ2v) is 5.94. The second-order valence-electron chi connectivity index (χ2n) is 3.66. The van der Waals surface area contributed by atoms with Crippen LogP contribution in [0.3, 0.4) is 0 Å². The van der Waals surface area contributed by atoms with Gasteiger partial charge in [-0.05, 0) is 29.1 Å². The zero-order chi connectivity index (χ0) is 8.48. The SMILES string of the molecule is CPc1sccc1C(C)(C)C. The molecular formula is C9H15PS. The molecule has 0 amide bonds. The van der Waals surface area contributed by atoms with Gasteiger partial charge in [0.25, 0.3) is 0 Å². The molecule has 1 unspecified atom stereocenters. The van der Waals surface area contributed by atoms with Crippen LogP contribution < -0.4 is 4.62 Å². The van der Waals surface area contributed by atoms with Crippen LogP contribution in [0.25, 0.3) is 0 Å². The van der Waals surface area contributed by atoms with Crippen LogP contribution in [0, 0.1) is 0 Å². The van der Waals surface area contributed by atoms with Crippen molar-refractivity contribution in [2.75, 3.05) is 6.66 Å². The minimum atomic E-state index is 0.332. The molecule has 0 bridgehead atoms. The summed E-state index contributed by atoms with van der Waals surface area (Å²) in [6, 6.07) is 2.26. The maximum absolute atomic E-state index is 2.28. The summed E-state index contributed by atoms with van der Waals surface area (Å²) in [5.41, 5.74) is 1.86. The van der Waals surface area contributed by atoms with Gasteiger partial charge in [-0.3, -0.25) is 0 Å². The summed E-state index contributed by atoms with van der Waals surface area (Å²) in [4.78, 5) is 0. The largest absolute Gasteiger partial charge is 0.144 e. The summed E-state index contributed by atoms with van der Waals surface area (Å²) >= 11 is 1.89. The molecule has 1 aromatic heterocycles. The Hall–Kier alpha value is 0.130. The first-order valence-electron chi connectivity index (χ1n) is 3.81. The third-order valence-electron chi connectivity index (χ3n) is 1.70. The van der Waals surface area contributed by atoms with Gasteiger partial charge in [0, 0.05) is 4.62 Å². The summed E-state index contributed by atoms with van der Waals surface area (Å²) in [6.45, 7) is 9.08. The lowest BCUT2D eigenvalue weighted by Gasteiger charge is -2.18. The Balaban J connectivity index is 3.02. The Kier molecular flexibility index (Phi) is 2.72. The van der Waals surface area contributed by atoms with Gasteiger partial charge in [0.2, 0.25) is 0 Å². The van der Waals surface area contributed by atoms with Crippen molar-refractivity contribution in [2.45, 2.75) is 26.2 Å². The fraction of sp³-hybridized carbons (Fsp3) is 0.556. The van der Waals surface area contributed by atoms with Gasteiger partial charge in [-0.1, -0.05) is 29.4 Å². The fourth-order valence-electron chi connectivity index (χ4n) is 1.09. The lowest BCUT2D eigenvalue weighted by Crippen LogP contribution is -2.16. The maximum atomic E-state index is 2.28. The standard InChI is InChI=1S/C9H15PS/c1-9(2,3)7-5-6-11-8(7)10-4/h5-6,10H,1-4H3. The second kappa shape index (κ2) is 3.25. The average Bonchev–Trinajstić information content (AvgIpc) is 2.31. The number of thiophene rings is 1. The van der Waals surface area contributed by atoms with E-state index in [0.717, 1.165) is 8.58 Å². The summed E-state index contributed by atoms with van der Waals surface area (Å²) in [5.74, 6) is 0. The highest BCUT2D eigenvalue weighted by Crippen LogP contribution is 2.26. The van der Waals surface area contributed by atoms with E-state index < -0.39 is 0 Å². The normalized spacial score (nSPS) is 13.1. The highest BCUT2D eigenvalue weighted by Gasteiger charge is 2.17. The van der Waals surface area contributed by atoms with E-state index in [4.69, 9.17) is 0 Å². The Morgan fingerprint density at radius 3 is 2.36 bits per heavy atom. The van der Waals surface area contributed by atoms with Gasteiger partial charge in [-0.15, -0.1) is 11.3 Å². The van der Waals surface area contributed by atoms with E-state index in [2.05, 4.69) is 38.9 Å². The Bertz CT molecular complexity index is 232. The third-order valence-corrected chi connectivity index (χ3v) is 4.12. The highest BCUT2D eigenvalue weighted by molar-refractivity contribution is 7.55. The van der Waals surface area contributed by atoms with Crippen molar-refractivity contribution in [1.29, 1.82) is 0 Å². The zero-order valence-electron chi connectivity index (χ0n) is 7.56. The monoisotopic (exact) mass is 186 g/mol. The van der Waals surface area contributed by atoms with Crippen molar-refractivity contribution in [1.82, 2.24) is 0 Å². The van der Waals surface area contributed by atoms with Crippen LogP contribution in [0.4, 0.5) is 0 Å². The van der Waals surface area contributed by atoms with E-state index in [0.29, 0.717) is 5.41 Å². The minimum absolute atomic E-state index is 0.332. The molecule has 1 rings (SSSR count). The molecule has 0 radical (unpaired) electrons. The van der Waals surface area contributed by atoms with Gasteiger partial charge in [-0.25, -0.2) is 0 Å². The molecule has 1 aromatic rings. The van der Waals surface area contributed by atoms with Crippen LogP contribution in [0.2, 0.25) is 0 Å². The van der Waals surface area contributed by atoms with Crippen molar-refractivity contribution in [3.05, 3.63) is 17.0 Å². The molecule has 0 aromatic carbocycles. The molecule has 0 aliphatic rings. The van der Waals surface area contributed by atoms with E-state index in [1.807, 2.05) is 11.3 Å². The smallest absolute Gasteiger partial charge is 0.0281 e. The van der Waals surface area contributed by atoms with Gasteiger partial charge in [0.1, 0.15) is 0 Å². The van der Waals surface area contributed by atoms with Crippen LogP contribution >= 0.6 is 19.9 Å². The van der Waals surface area contributed by atoms with Crippen LogP contribution in [0.1, 0.15) is 26.3 Å². The van der Waals surface area contributed by atoms with Crippen LogP contribution in [0.5, 0.6) is 0 Å². The molecule has 0 aliphatic carbocycles. The zero-order valence-corrected chi connectivity index (χ0v) is 9.38. The van der Waals surface area contributed by atoms with E-state index in [-0.39, 0.29) is 0 Å². The molecular weight excluding hydrogens is 171 g/mol. The first-order valence-corrected chi connectivity index (χ1v) is 6.19. The fourth-order valence-corrected chi connectivity index (χ4v) is 3.34. The summed E-state index contributed by atoms with van der Waals surface area (Å²) in [5, 5.41) is 2.20. The Morgan fingerprint density at radius 1 is 1.36 bits per heavy atom. The molecule has 1 atom stereocenters. The Labute approximate surface area is 74.8 Å². The van der Waals surface area contributed by atoms with E-state index >= 15 is 0 Å². The molecule has 0 fully saturated rings. The van der Waals surface area contributed by atoms with E-state index in [1.165, 1.54) is 5.56 Å². The van der Waals surface area contributed by atoms with Gasteiger partial charge < -0.3 is 0 Å². The topological polar surface area (TPSA) is 0 Å². The van der Waals surface area contributed by atoms with Gasteiger partial charge in [-0.2, -0.15) is 0 Å². The first-order chi connectivity index (χ1) is 5.05. The molecule has 2 heteroatoms. The van der Waals surface area contributed by atoms with Crippen molar-refractivity contribution >= 4 is 24.5 Å². The summed E-state index contributed by atoms with van der Waals surface area (Å²) < 4.78 is 1.57. The molecule has 0 nitrogen and oxygen atoms in total. The predicted octanol–water partition coefficient (Wildman–Crippen LogP) is 2.98. The molecule has 62 valence electrons. The Morgan fingerprint density at radius 2 is 2.00 bits per heavy atom. The van der Waals surface area contributed by atoms with Crippen molar-refractivity contribution in [3.63, 3.8) is 0 Å². The van der Waals surface area contributed by atoms with Crippen LogP contribution in [-0.4, -0.2) is 6.66 Å². The molecule has 0 aliphatic heterocycles. The first kappa shape index (κ1) is 9.22. The third kappa shape index (κ3) is 2.04. The predicted molar refractivity (Wildman–Crippen MR) is 56.9 cm³/mol. The van der Waals surface area contributed by atoms with Crippen LogP contribution in [0.15, 0.2) is 11.4 Å². The average molecular weight is 186 g/mol. The summed E-state index contributed by atoms with van der Waals surface area (Å²) in [6.07, 6.45) is 0. The molecule has 0 saturated heterocycles.